The molecule has 4 aromatic rings. The maximum atomic E-state index is 5.92. The van der Waals surface area contributed by atoms with Gasteiger partial charge in [-0.1, -0.05) is 56.0 Å². The molecule has 0 saturated carbocycles. The molecule has 172 valence electrons. The first-order valence-electron chi connectivity index (χ1n) is 11.6. The number of hydrogen-bond acceptors (Lipinski definition) is 7. The zero-order valence-electron chi connectivity index (χ0n) is 19.5. The summed E-state index contributed by atoms with van der Waals surface area (Å²) in [6.45, 7) is 11.4. The SMILES string of the molecule is C=C(c1ccc(-c2cnc(C)c(-c3nnc(-c4ccccc4)o3)n2)cc1)N1CCNC(CC)C1. The van der Waals surface area contributed by atoms with Crippen LogP contribution in [0.4, 0.5) is 0 Å². The van der Waals surface area contributed by atoms with Crippen molar-refractivity contribution in [3.63, 3.8) is 0 Å². The summed E-state index contributed by atoms with van der Waals surface area (Å²) >= 11 is 0. The number of piperazine rings is 1. The minimum atomic E-state index is 0.361. The predicted molar refractivity (Wildman–Crippen MR) is 134 cm³/mol. The monoisotopic (exact) mass is 452 g/mol. The molecule has 5 rings (SSSR count). The van der Waals surface area contributed by atoms with Crippen molar-refractivity contribution < 1.29 is 4.42 Å². The maximum absolute atomic E-state index is 5.92. The van der Waals surface area contributed by atoms with Gasteiger partial charge >= 0.3 is 0 Å². The van der Waals surface area contributed by atoms with E-state index >= 15 is 0 Å². The molecule has 2 aromatic carbocycles. The Labute approximate surface area is 199 Å². The topological polar surface area (TPSA) is 80.0 Å². The van der Waals surface area contributed by atoms with Crippen LogP contribution in [-0.2, 0) is 0 Å². The highest BCUT2D eigenvalue weighted by atomic mass is 16.4. The lowest BCUT2D eigenvalue weighted by Gasteiger charge is -2.36. The number of rotatable bonds is 6. The molecule has 0 bridgehead atoms. The third-order valence-corrected chi connectivity index (χ3v) is 6.25. The van der Waals surface area contributed by atoms with Gasteiger partial charge in [0.1, 0.15) is 5.69 Å². The Hall–Kier alpha value is -3.84. The summed E-state index contributed by atoms with van der Waals surface area (Å²) < 4.78 is 5.92. The van der Waals surface area contributed by atoms with Gasteiger partial charge in [-0.3, -0.25) is 4.98 Å². The Bertz CT molecular complexity index is 1280. The Kier molecular flexibility index (Phi) is 6.18. The van der Waals surface area contributed by atoms with E-state index in [-0.39, 0.29) is 0 Å². The molecule has 0 amide bonds. The van der Waals surface area contributed by atoms with E-state index in [1.807, 2.05) is 37.3 Å². The van der Waals surface area contributed by atoms with E-state index in [9.17, 15) is 0 Å². The molecular formula is C27H28N6O. The van der Waals surface area contributed by atoms with E-state index in [0.29, 0.717) is 23.5 Å². The summed E-state index contributed by atoms with van der Waals surface area (Å²) in [6.07, 6.45) is 2.89. The molecular weight excluding hydrogens is 424 g/mol. The van der Waals surface area contributed by atoms with E-state index in [1.165, 1.54) is 0 Å². The zero-order chi connectivity index (χ0) is 23.5. The van der Waals surface area contributed by atoms with Crippen molar-refractivity contribution in [1.29, 1.82) is 0 Å². The second-order valence-corrected chi connectivity index (χ2v) is 8.50. The molecule has 1 unspecified atom stereocenters. The van der Waals surface area contributed by atoms with Gasteiger partial charge in [-0.05, 0) is 31.0 Å². The minimum Gasteiger partial charge on any atom is -0.415 e. The fourth-order valence-electron chi connectivity index (χ4n) is 4.17. The molecule has 3 heterocycles. The zero-order valence-corrected chi connectivity index (χ0v) is 19.5. The van der Waals surface area contributed by atoms with Gasteiger partial charge < -0.3 is 14.6 Å². The fraction of sp³-hybridized carbons (Fsp3) is 0.259. The Morgan fingerprint density at radius 3 is 2.59 bits per heavy atom. The molecule has 1 aliphatic rings. The number of aryl methyl sites for hydroxylation is 1. The molecule has 34 heavy (non-hydrogen) atoms. The molecule has 7 nitrogen and oxygen atoms in total. The highest BCUT2D eigenvalue weighted by Crippen LogP contribution is 2.28. The van der Waals surface area contributed by atoms with Gasteiger partial charge in [0.25, 0.3) is 5.89 Å². The second kappa shape index (κ2) is 9.57. The largest absolute Gasteiger partial charge is 0.415 e. The highest BCUT2D eigenvalue weighted by Gasteiger charge is 2.20. The van der Waals surface area contributed by atoms with Crippen LogP contribution < -0.4 is 5.32 Å². The van der Waals surface area contributed by atoms with Crippen LogP contribution in [0, 0.1) is 6.92 Å². The van der Waals surface area contributed by atoms with Crippen molar-refractivity contribution in [2.75, 3.05) is 19.6 Å². The molecule has 0 spiro atoms. The third kappa shape index (κ3) is 4.47. The van der Waals surface area contributed by atoms with Crippen molar-refractivity contribution in [2.45, 2.75) is 26.3 Å². The van der Waals surface area contributed by atoms with Crippen LogP contribution in [-0.4, -0.2) is 50.7 Å². The Morgan fingerprint density at radius 2 is 1.82 bits per heavy atom. The fourth-order valence-corrected chi connectivity index (χ4v) is 4.17. The molecule has 1 atom stereocenters. The lowest BCUT2D eigenvalue weighted by molar-refractivity contribution is 0.274. The van der Waals surface area contributed by atoms with Crippen LogP contribution in [0.25, 0.3) is 40.0 Å². The first kappa shape index (κ1) is 22.0. The molecule has 7 heteroatoms. The van der Waals surface area contributed by atoms with Crippen LogP contribution in [0.15, 0.2) is 71.8 Å². The summed E-state index contributed by atoms with van der Waals surface area (Å²) in [6, 6.07) is 18.5. The van der Waals surface area contributed by atoms with Crippen molar-refractivity contribution in [3.8, 4) is 34.3 Å². The normalized spacial score (nSPS) is 15.9. The molecule has 1 aliphatic heterocycles. The quantitative estimate of drug-likeness (QED) is 0.449. The van der Waals surface area contributed by atoms with E-state index < -0.39 is 0 Å². The molecule has 1 fully saturated rings. The van der Waals surface area contributed by atoms with Crippen LogP contribution in [0.2, 0.25) is 0 Å². The van der Waals surface area contributed by atoms with Crippen molar-refractivity contribution in [3.05, 3.63) is 78.6 Å². The lowest BCUT2D eigenvalue weighted by atomic mass is 10.0. The molecule has 0 radical (unpaired) electrons. The summed E-state index contributed by atoms with van der Waals surface area (Å²) in [7, 11) is 0. The summed E-state index contributed by atoms with van der Waals surface area (Å²) in [5.74, 6) is 0.822. The second-order valence-electron chi connectivity index (χ2n) is 8.50. The average molecular weight is 453 g/mol. The number of aromatic nitrogens is 4. The predicted octanol–water partition coefficient (Wildman–Crippen LogP) is 4.82. The highest BCUT2D eigenvalue weighted by molar-refractivity contribution is 5.68. The average Bonchev–Trinajstić information content (AvgIpc) is 3.39. The summed E-state index contributed by atoms with van der Waals surface area (Å²) in [5.41, 5.74) is 6.10. The summed E-state index contributed by atoms with van der Waals surface area (Å²) in [5, 5.41) is 12.0. The van der Waals surface area contributed by atoms with Crippen molar-refractivity contribution >= 4 is 5.70 Å². The van der Waals surface area contributed by atoms with Crippen molar-refractivity contribution in [1.82, 2.24) is 30.4 Å². The first-order valence-corrected chi connectivity index (χ1v) is 11.6. The van der Waals surface area contributed by atoms with Crippen LogP contribution in [0.3, 0.4) is 0 Å². The van der Waals surface area contributed by atoms with Gasteiger partial charge in [0.05, 0.1) is 17.6 Å². The van der Waals surface area contributed by atoms with Gasteiger partial charge in [0.15, 0.2) is 0 Å². The third-order valence-electron chi connectivity index (χ3n) is 6.25. The first-order chi connectivity index (χ1) is 16.6. The van der Waals surface area contributed by atoms with E-state index in [4.69, 9.17) is 9.40 Å². The van der Waals surface area contributed by atoms with Crippen molar-refractivity contribution in [2.24, 2.45) is 0 Å². The van der Waals surface area contributed by atoms with Gasteiger partial charge in [-0.15, -0.1) is 10.2 Å². The Balaban J connectivity index is 1.37. The van der Waals surface area contributed by atoms with Gasteiger partial charge in [-0.25, -0.2) is 4.98 Å². The van der Waals surface area contributed by atoms with E-state index in [1.54, 1.807) is 6.20 Å². The number of nitrogens with zero attached hydrogens (tertiary/aromatic N) is 5. The van der Waals surface area contributed by atoms with E-state index in [2.05, 4.69) is 63.2 Å². The van der Waals surface area contributed by atoms with Crippen LogP contribution in [0.5, 0.6) is 0 Å². The number of hydrogen-bond donors (Lipinski definition) is 1. The number of nitrogens with one attached hydrogen (secondary N) is 1. The molecule has 1 saturated heterocycles. The smallest absolute Gasteiger partial charge is 0.268 e. The molecule has 2 aromatic heterocycles. The van der Waals surface area contributed by atoms with Gasteiger partial charge in [-0.2, -0.15) is 0 Å². The number of benzene rings is 2. The van der Waals surface area contributed by atoms with Gasteiger partial charge in [0, 0.05) is 42.5 Å². The standard InChI is InChI=1S/C27H28N6O/c1-4-23-17-33(15-14-28-23)19(3)20-10-12-21(13-11-20)24-16-29-18(2)25(30-24)27-32-31-26(34-27)22-8-6-5-7-9-22/h5-13,16,23,28H,3-4,14-15,17H2,1-2H3. The van der Waals surface area contributed by atoms with Gasteiger partial charge in [0.2, 0.25) is 5.89 Å². The summed E-state index contributed by atoms with van der Waals surface area (Å²) in [4.78, 5) is 11.7. The molecule has 1 N–H and O–H groups in total. The van der Waals surface area contributed by atoms with Crippen LogP contribution in [0.1, 0.15) is 24.6 Å². The molecule has 0 aliphatic carbocycles. The van der Waals surface area contributed by atoms with E-state index in [0.717, 1.165) is 59.8 Å². The maximum Gasteiger partial charge on any atom is 0.268 e. The lowest BCUT2D eigenvalue weighted by Crippen LogP contribution is -2.49. The van der Waals surface area contributed by atoms with Crippen LogP contribution >= 0.6 is 0 Å². The Morgan fingerprint density at radius 1 is 1.06 bits per heavy atom. The minimum absolute atomic E-state index is 0.361.